The van der Waals surface area contributed by atoms with Crippen molar-refractivity contribution in [2.45, 2.75) is 45.6 Å². The number of aliphatic hydroxyl groups is 1. The highest BCUT2D eigenvalue weighted by molar-refractivity contribution is 4.94. The largest absolute Gasteiger partial charge is 0.396 e. The van der Waals surface area contributed by atoms with Gasteiger partial charge < -0.3 is 5.11 Å². The van der Waals surface area contributed by atoms with Crippen LogP contribution in [0.5, 0.6) is 0 Å². The Kier molecular flexibility index (Phi) is 2.85. The van der Waals surface area contributed by atoms with Gasteiger partial charge in [-0.15, -0.1) is 0 Å². The van der Waals surface area contributed by atoms with Crippen LogP contribution in [0.2, 0.25) is 0 Å². The van der Waals surface area contributed by atoms with Gasteiger partial charge >= 0.3 is 0 Å². The Hall–Kier alpha value is -0.0800. The highest BCUT2D eigenvalue weighted by Gasteiger charge is 2.40. The van der Waals surface area contributed by atoms with Crippen LogP contribution in [0.15, 0.2) is 0 Å². The van der Waals surface area contributed by atoms with Crippen molar-refractivity contribution < 1.29 is 5.11 Å². The second-order valence-electron chi connectivity index (χ2n) is 5.73. The van der Waals surface area contributed by atoms with E-state index in [9.17, 15) is 0 Å². The number of likely N-dealkylation sites (tertiary alicyclic amines) is 1. The lowest BCUT2D eigenvalue weighted by Crippen LogP contribution is -2.40. The first kappa shape index (κ1) is 10.4. The molecule has 1 saturated carbocycles. The molecule has 2 rings (SSSR count). The molecule has 0 spiro atoms. The average Bonchev–Trinajstić information content (AvgIpc) is 2.70. The van der Waals surface area contributed by atoms with Crippen molar-refractivity contribution in [3.63, 3.8) is 0 Å². The van der Waals surface area contributed by atoms with Crippen molar-refractivity contribution in [3.05, 3.63) is 0 Å². The topological polar surface area (TPSA) is 23.5 Å². The van der Waals surface area contributed by atoms with Gasteiger partial charge in [0.2, 0.25) is 0 Å². The molecule has 2 atom stereocenters. The minimum atomic E-state index is 0.379. The van der Waals surface area contributed by atoms with Gasteiger partial charge in [0.05, 0.1) is 0 Å². The van der Waals surface area contributed by atoms with Gasteiger partial charge in [-0.1, -0.05) is 20.3 Å². The van der Waals surface area contributed by atoms with Crippen LogP contribution in [0.1, 0.15) is 39.5 Å². The smallest absolute Gasteiger partial charge is 0.0471 e. The molecule has 0 radical (unpaired) electrons. The standard InChI is InChI=1S/C12H23NO/c1-12(2)6-3-4-11(12)13-7-5-10(8-13)9-14/h10-11,14H,3-9H2,1-2H3. The van der Waals surface area contributed by atoms with E-state index in [1.165, 1.54) is 32.2 Å². The number of aliphatic hydroxyl groups excluding tert-OH is 1. The van der Waals surface area contributed by atoms with E-state index in [-0.39, 0.29) is 0 Å². The minimum Gasteiger partial charge on any atom is -0.396 e. The molecule has 0 aromatic heterocycles. The third kappa shape index (κ3) is 1.82. The molecular formula is C12H23NO. The fourth-order valence-corrected chi connectivity index (χ4v) is 3.28. The first-order valence-electron chi connectivity index (χ1n) is 5.98. The third-order valence-corrected chi connectivity index (χ3v) is 4.22. The van der Waals surface area contributed by atoms with Gasteiger partial charge in [-0.3, -0.25) is 4.90 Å². The number of hydrogen-bond donors (Lipinski definition) is 1. The zero-order chi connectivity index (χ0) is 10.2. The molecule has 1 aliphatic heterocycles. The molecule has 2 nitrogen and oxygen atoms in total. The van der Waals surface area contributed by atoms with Crippen LogP contribution in [0.25, 0.3) is 0 Å². The molecule has 0 aromatic rings. The molecule has 82 valence electrons. The van der Waals surface area contributed by atoms with Gasteiger partial charge in [0.25, 0.3) is 0 Å². The van der Waals surface area contributed by atoms with Crippen molar-refractivity contribution in [1.29, 1.82) is 0 Å². The van der Waals surface area contributed by atoms with Crippen LogP contribution >= 0.6 is 0 Å². The van der Waals surface area contributed by atoms with E-state index in [0.717, 1.165) is 12.6 Å². The molecule has 0 amide bonds. The Bertz CT molecular complexity index is 202. The summed E-state index contributed by atoms with van der Waals surface area (Å²) >= 11 is 0. The molecular weight excluding hydrogens is 174 g/mol. The average molecular weight is 197 g/mol. The highest BCUT2D eigenvalue weighted by Crippen LogP contribution is 2.41. The lowest BCUT2D eigenvalue weighted by Gasteiger charge is -2.35. The molecule has 1 aliphatic carbocycles. The van der Waals surface area contributed by atoms with Crippen LogP contribution in [0.3, 0.4) is 0 Å². The summed E-state index contributed by atoms with van der Waals surface area (Å²) in [5.74, 6) is 0.548. The van der Waals surface area contributed by atoms with E-state index in [4.69, 9.17) is 5.11 Å². The summed E-state index contributed by atoms with van der Waals surface area (Å²) in [7, 11) is 0. The molecule has 14 heavy (non-hydrogen) atoms. The molecule has 1 saturated heterocycles. The summed E-state index contributed by atoms with van der Waals surface area (Å²) in [5.41, 5.74) is 0.504. The van der Waals surface area contributed by atoms with E-state index in [2.05, 4.69) is 18.7 Å². The lowest BCUT2D eigenvalue weighted by molar-refractivity contribution is 0.128. The number of rotatable bonds is 2. The summed E-state index contributed by atoms with van der Waals surface area (Å²) < 4.78 is 0. The maximum absolute atomic E-state index is 9.13. The van der Waals surface area contributed by atoms with Gasteiger partial charge in [0.15, 0.2) is 0 Å². The normalized spacial score (nSPS) is 37.9. The molecule has 0 bridgehead atoms. The van der Waals surface area contributed by atoms with E-state index in [1.54, 1.807) is 0 Å². The van der Waals surface area contributed by atoms with Gasteiger partial charge in [0.1, 0.15) is 0 Å². The Morgan fingerprint density at radius 3 is 2.64 bits per heavy atom. The Balaban J connectivity index is 1.96. The fourth-order valence-electron chi connectivity index (χ4n) is 3.28. The van der Waals surface area contributed by atoms with Crippen molar-refractivity contribution in [1.82, 2.24) is 4.90 Å². The van der Waals surface area contributed by atoms with Gasteiger partial charge in [-0.05, 0) is 37.1 Å². The monoisotopic (exact) mass is 197 g/mol. The SMILES string of the molecule is CC1(C)CCCC1N1CCC(CO)C1. The maximum atomic E-state index is 9.13. The molecule has 0 aromatic carbocycles. The molecule has 2 fully saturated rings. The zero-order valence-corrected chi connectivity index (χ0v) is 9.50. The molecule has 2 heteroatoms. The summed E-state index contributed by atoms with van der Waals surface area (Å²) in [6.07, 6.45) is 5.32. The van der Waals surface area contributed by atoms with Crippen LogP contribution in [0, 0.1) is 11.3 Å². The predicted molar refractivity (Wildman–Crippen MR) is 58.2 cm³/mol. The summed E-state index contributed by atoms with van der Waals surface area (Å²) in [6, 6.07) is 0.777. The second kappa shape index (κ2) is 3.82. The number of hydrogen-bond acceptors (Lipinski definition) is 2. The molecule has 1 heterocycles. The first-order valence-corrected chi connectivity index (χ1v) is 5.98. The fraction of sp³-hybridized carbons (Fsp3) is 1.00. The number of nitrogens with zero attached hydrogens (tertiary/aromatic N) is 1. The first-order chi connectivity index (χ1) is 6.63. The van der Waals surface area contributed by atoms with Crippen LogP contribution in [-0.4, -0.2) is 35.7 Å². The molecule has 2 unspecified atom stereocenters. The highest BCUT2D eigenvalue weighted by atomic mass is 16.3. The van der Waals surface area contributed by atoms with Crippen molar-refractivity contribution in [2.75, 3.05) is 19.7 Å². The second-order valence-corrected chi connectivity index (χ2v) is 5.73. The predicted octanol–water partition coefficient (Wildman–Crippen LogP) is 1.88. The van der Waals surface area contributed by atoms with Crippen LogP contribution in [-0.2, 0) is 0 Å². The van der Waals surface area contributed by atoms with Crippen LogP contribution < -0.4 is 0 Å². The third-order valence-electron chi connectivity index (χ3n) is 4.22. The van der Waals surface area contributed by atoms with Crippen molar-refractivity contribution >= 4 is 0 Å². The van der Waals surface area contributed by atoms with Crippen LogP contribution in [0.4, 0.5) is 0 Å². The zero-order valence-electron chi connectivity index (χ0n) is 9.50. The van der Waals surface area contributed by atoms with E-state index in [1.807, 2.05) is 0 Å². The van der Waals surface area contributed by atoms with Gasteiger partial charge in [0, 0.05) is 19.2 Å². The quantitative estimate of drug-likeness (QED) is 0.730. The Labute approximate surface area is 87.3 Å². The van der Waals surface area contributed by atoms with Gasteiger partial charge in [-0.2, -0.15) is 0 Å². The van der Waals surface area contributed by atoms with Crippen molar-refractivity contribution in [3.8, 4) is 0 Å². The maximum Gasteiger partial charge on any atom is 0.0471 e. The summed E-state index contributed by atoms with van der Waals surface area (Å²) in [5, 5.41) is 9.13. The Morgan fingerprint density at radius 1 is 1.36 bits per heavy atom. The van der Waals surface area contributed by atoms with Gasteiger partial charge in [-0.25, -0.2) is 0 Å². The lowest BCUT2D eigenvalue weighted by atomic mass is 9.86. The van der Waals surface area contributed by atoms with E-state index in [0.29, 0.717) is 17.9 Å². The Morgan fingerprint density at radius 2 is 2.14 bits per heavy atom. The van der Waals surface area contributed by atoms with E-state index < -0.39 is 0 Å². The summed E-state index contributed by atoms with van der Waals surface area (Å²) in [4.78, 5) is 2.62. The van der Waals surface area contributed by atoms with E-state index >= 15 is 0 Å². The summed E-state index contributed by atoms with van der Waals surface area (Å²) in [6.45, 7) is 7.52. The minimum absolute atomic E-state index is 0.379. The van der Waals surface area contributed by atoms with Crippen molar-refractivity contribution in [2.24, 2.45) is 11.3 Å². The molecule has 1 N–H and O–H groups in total. The molecule has 2 aliphatic rings.